The molecule has 2 aromatic rings. The maximum atomic E-state index is 11.9. The van der Waals surface area contributed by atoms with Crippen molar-refractivity contribution in [1.29, 1.82) is 0 Å². The summed E-state index contributed by atoms with van der Waals surface area (Å²) in [6.45, 7) is 6.56. The Labute approximate surface area is 197 Å². The molecule has 30 heavy (non-hydrogen) atoms. The molecule has 0 bridgehead atoms. The van der Waals surface area contributed by atoms with Crippen molar-refractivity contribution in [3.05, 3.63) is 70.8 Å². The number of guanidine groups is 1. The predicted octanol–water partition coefficient (Wildman–Crippen LogP) is 4.42. The molecule has 1 saturated heterocycles. The minimum atomic E-state index is 0. The van der Waals surface area contributed by atoms with Gasteiger partial charge in [-0.15, -0.1) is 24.0 Å². The summed E-state index contributed by atoms with van der Waals surface area (Å²) >= 11 is 0. The van der Waals surface area contributed by atoms with Gasteiger partial charge >= 0.3 is 0 Å². The zero-order valence-corrected chi connectivity index (χ0v) is 20.5. The Bertz CT molecular complexity index is 851. The Kier molecular flexibility index (Phi) is 9.62. The highest BCUT2D eigenvalue weighted by atomic mass is 127. The minimum Gasteiger partial charge on any atom is -0.352 e. The van der Waals surface area contributed by atoms with Gasteiger partial charge in [-0.05, 0) is 42.0 Å². The molecule has 2 N–H and O–H groups in total. The fraction of sp³-hybridized carbons (Fsp3) is 0.417. The molecular weight excluding hydrogens is 487 g/mol. The normalized spacial score (nSPS) is 15.0. The van der Waals surface area contributed by atoms with Crippen molar-refractivity contribution in [2.75, 3.05) is 13.6 Å². The van der Waals surface area contributed by atoms with E-state index in [0.29, 0.717) is 19.5 Å². The Morgan fingerprint density at radius 1 is 1.13 bits per heavy atom. The first-order valence-corrected chi connectivity index (χ1v) is 10.5. The van der Waals surface area contributed by atoms with Crippen molar-refractivity contribution in [2.24, 2.45) is 4.99 Å². The monoisotopic (exact) mass is 520 g/mol. The molecule has 0 aromatic heterocycles. The molecule has 3 rings (SSSR count). The first-order valence-electron chi connectivity index (χ1n) is 10.5. The maximum absolute atomic E-state index is 11.9. The molecule has 0 saturated carbocycles. The van der Waals surface area contributed by atoms with Crippen molar-refractivity contribution >= 4 is 35.8 Å². The van der Waals surface area contributed by atoms with Crippen LogP contribution in [0, 0.1) is 0 Å². The number of carbonyl (C=O) groups excluding carboxylic acids is 1. The number of aliphatic imine (C=N–C) groups is 1. The molecule has 162 valence electrons. The summed E-state index contributed by atoms with van der Waals surface area (Å²) in [5, 5.41) is 6.85. The summed E-state index contributed by atoms with van der Waals surface area (Å²) < 4.78 is 0. The van der Waals surface area contributed by atoms with E-state index in [1.54, 1.807) is 7.05 Å². The third kappa shape index (κ3) is 6.72. The van der Waals surface area contributed by atoms with E-state index in [-0.39, 0.29) is 35.9 Å². The van der Waals surface area contributed by atoms with Gasteiger partial charge in [0.15, 0.2) is 5.96 Å². The summed E-state index contributed by atoms with van der Waals surface area (Å²) in [6, 6.07) is 17.3. The lowest BCUT2D eigenvalue weighted by molar-refractivity contribution is -0.128. The first-order chi connectivity index (χ1) is 14.1. The number of benzene rings is 2. The number of hydrogen-bond donors (Lipinski definition) is 2. The van der Waals surface area contributed by atoms with Gasteiger partial charge < -0.3 is 15.5 Å². The maximum Gasteiger partial charge on any atom is 0.222 e. The van der Waals surface area contributed by atoms with Crippen molar-refractivity contribution in [2.45, 2.75) is 52.2 Å². The molecule has 1 aliphatic heterocycles. The number of aryl methyl sites for hydroxylation is 1. The van der Waals surface area contributed by atoms with Gasteiger partial charge in [0.25, 0.3) is 0 Å². The van der Waals surface area contributed by atoms with Crippen LogP contribution < -0.4 is 10.6 Å². The number of nitrogens with zero attached hydrogens (tertiary/aromatic N) is 2. The Morgan fingerprint density at radius 2 is 1.87 bits per heavy atom. The van der Waals surface area contributed by atoms with Crippen molar-refractivity contribution in [3.63, 3.8) is 0 Å². The SMILES string of the molecule is CCc1ccc(C(C)NC(=NC)NCc2cccc(CN3CCCC3=O)c2)cc1.I. The van der Waals surface area contributed by atoms with E-state index in [0.717, 1.165) is 25.3 Å². The van der Waals surface area contributed by atoms with Crippen LogP contribution in [0.5, 0.6) is 0 Å². The molecule has 6 heteroatoms. The molecule has 1 aliphatic rings. The zero-order valence-electron chi connectivity index (χ0n) is 18.1. The quantitative estimate of drug-likeness (QED) is 0.323. The number of amides is 1. The second-order valence-corrected chi connectivity index (χ2v) is 7.63. The Hall–Kier alpha value is -2.09. The molecule has 2 aromatic carbocycles. The number of carbonyl (C=O) groups is 1. The van der Waals surface area contributed by atoms with E-state index in [2.05, 4.69) is 78.0 Å². The van der Waals surface area contributed by atoms with Gasteiger partial charge in [0.05, 0.1) is 6.04 Å². The lowest BCUT2D eigenvalue weighted by Gasteiger charge is -2.19. The number of halogens is 1. The van der Waals surface area contributed by atoms with Gasteiger partial charge in [-0.25, -0.2) is 0 Å². The number of hydrogen-bond acceptors (Lipinski definition) is 2. The second kappa shape index (κ2) is 11.9. The lowest BCUT2D eigenvalue weighted by Crippen LogP contribution is -2.38. The van der Waals surface area contributed by atoms with Crippen LogP contribution in [-0.2, 0) is 24.3 Å². The van der Waals surface area contributed by atoms with Gasteiger partial charge in [0, 0.05) is 33.1 Å². The fourth-order valence-electron chi connectivity index (χ4n) is 3.64. The van der Waals surface area contributed by atoms with Crippen molar-refractivity contribution < 1.29 is 4.79 Å². The van der Waals surface area contributed by atoms with Crippen LogP contribution in [0.25, 0.3) is 0 Å². The molecule has 0 spiro atoms. The van der Waals surface area contributed by atoms with Gasteiger partial charge in [-0.2, -0.15) is 0 Å². The van der Waals surface area contributed by atoms with E-state index in [4.69, 9.17) is 0 Å². The van der Waals surface area contributed by atoms with Crippen LogP contribution in [0.4, 0.5) is 0 Å². The second-order valence-electron chi connectivity index (χ2n) is 7.63. The predicted molar refractivity (Wildman–Crippen MR) is 134 cm³/mol. The van der Waals surface area contributed by atoms with Gasteiger partial charge in [-0.1, -0.05) is 55.5 Å². The van der Waals surface area contributed by atoms with Crippen LogP contribution in [0.2, 0.25) is 0 Å². The largest absolute Gasteiger partial charge is 0.352 e. The minimum absolute atomic E-state index is 0. The highest BCUT2D eigenvalue weighted by Gasteiger charge is 2.19. The topological polar surface area (TPSA) is 56.7 Å². The standard InChI is InChI=1S/C24H32N4O.HI/c1-4-19-10-12-22(13-11-19)18(2)27-24(25-3)26-16-20-7-5-8-21(15-20)17-28-14-6-9-23(28)29;/h5,7-8,10-13,15,18H,4,6,9,14,16-17H2,1-3H3,(H2,25,26,27);1H. The van der Waals surface area contributed by atoms with Crippen molar-refractivity contribution in [3.8, 4) is 0 Å². The molecule has 1 unspecified atom stereocenters. The fourth-order valence-corrected chi connectivity index (χ4v) is 3.64. The van der Waals surface area contributed by atoms with Gasteiger partial charge in [0.1, 0.15) is 0 Å². The Balaban J connectivity index is 0.00000320. The third-order valence-corrected chi connectivity index (χ3v) is 5.46. The molecule has 1 fully saturated rings. The third-order valence-electron chi connectivity index (χ3n) is 5.46. The summed E-state index contributed by atoms with van der Waals surface area (Å²) in [6.07, 6.45) is 2.71. The van der Waals surface area contributed by atoms with E-state index in [9.17, 15) is 4.79 Å². The van der Waals surface area contributed by atoms with Crippen LogP contribution in [0.1, 0.15) is 55.0 Å². The molecule has 0 aliphatic carbocycles. The zero-order chi connectivity index (χ0) is 20.6. The smallest absolute Gasteiger partial charge is 0.222 e. The Morgan fingerprint density at radius 3 is 2.50 bits per heavy atom. The number of rotatable bonds is 7. The molecule has 1 atom stereocenters. The van der Waals surface area contributed by atoms with Gasteiger partial charge in [0.2, 0.25) is 5.91 Å². The van der Waals surface area contributed by atoms with E-state index < -0.39 is 0 Å². The van der Waals surface area contributed by atoms with Gasteiger partial charge in [-0.3, -0.25) is 9.79 Å². The summed E-state index contributed by atoms with van der Waals surface area (Å²) in [4.78, 5) is 18.2. The summed E-state index contributed by atoms with van der Waals surface area (Å²) in [7, 11) is 1.79. The highest BCUT2D eigenvalue weighted by Crippen LogP contribution is 2.16. The van der Waals surface area contributed by atoms with Crippen molar-refractivity contribution in [1.82, 2.24) is 15.5 Å². The van der Waals surface area contributed by atoms with E-state index in [1.165, 1.54) is 22.3 Å². The molecule has 0 radical (unpaired) electrons. The molecular formula is C24H33IN4O. The van der Waals surface area contributed by atoms with Crippen LogP contribution in [-0.4, -0.2) is 30.4 Å². The highest BCUT2D eigenvalue weighted by molar-refractivity contribution is 14.0. The molecule has 1 heterocycles. The lowest BCUT2D eigenvalue weighted by atomic mass is 10.1. The summed E-state index contributed by atoms with van der Waals surface area (Å²) in [5.41, 5.74) is 4.94. The first kappa shape index (κ1) is 24.2. The van der Waals surface area contributed by atoms with Crippen LogP contribution >= 0.6 is 24.0 Å². The summed E-state index contributed by atoms with van der Waals surface area (Å²) in [5.74, 6) is 1.04. The van der Waals surface area contributed by atoms with Crippen LogP contribution in [0.3, 0.4) is 0 Å². The number of nitrogens with one attached hydrogen (secondary N) is 2. The van der Waals surface area contributed by atoms with E-state index >= 15 is 0 Å². The van der Waals surface area contributed by atoms with E-state index in [1.807, 2.05) is 4.90 Å². The average Bonchev–Trinajstić information content (AvgIpc) is 3.15. The average molecular weight is 520 g/mol. The van der Waals surface area contributed by atoms with Crippen LogP contribution in [0.15, 0.2) is 53.5 Å². The molecule has 1 amide bonds. The number of likely N-dealkylation sites (tertiary alicyclic amines) is 1. The molecule has 5 nitrogen and oxygen atoms in total.